The van der Waals surface area contributed by atoms with Crippen LogP contribution in [0.25, 0.3) is 0 Å². The number of aryl methyl sites for hydroxylation is 2. The highest BCUT2D eigenvalue weighted by Crippen LogP contribution is 2.21. The maximum Gasteiger partial charge on any atom is 0.0729 e. The van der Waals surface area contributed by atoms with Crippen molar-refractivity contribution in [1.82, 2.24) is 9.78 Å². The van der Waals surface area contributed by atoms with E-state index >= 15 is 0 Å². The largest absolute Gasteiger partial charge is 0.268 e. The molecule has 2 nitrogen and oxygen atoms in total. The lowest BCUT2D eigenvalue weighted by Gasteiger charge is -2.18. The molecule has 14 heavy (non-hydrogen) atoms. The van der Waals surface area contributed by atoms with Crippen molar-refractivity contribution >= 4 is 22.6 Å². The minimum atomic E-state index is 0.387. The minimum absolute atomic E-state index is 0.387. The molecule has 0 amide bonds. The molecule has 1 heterocycles. The second kappa shape index (κ2) is 4.21. The standard InChI is InChI=1S/C11H19IN2/c1-8-10(12)9(2)14(13-8)7-6-11(3,4)5/h6-7H2,1-5H3. The molecule has 1 rings (SSSR count). The van der Waals surface area contributed by atoms with Crippen LogP contribution in [0, 0.1) is 22.8 Å². The Labute approximate surface area is 100 Å². The number of halogens is 1. The Morgan fingerprint density at radius 1 is 1.29 bits per heavy atom. The first kappa shape index (κ1) is 12.0. The average molecular weight is 306 g/mol. The summed E-state index contributed by atoms with van der Waals surface area (Å²) in [5, 5.41) is 4.52. The quantitative estimate of drug-likeness (QED) is 0.764. The third-order valence-corrected chi connectivity index (χ3v) is 3.93. The summed E-state index contributed by atoms with van der Waals surface area (Å²) < 4.78 is 3.43. The maximum absolute atomic E-state index is 4.52. The molecule has 3 heteroatoms. The van der Waals surface area contributed by atoms with E-state index in [1.165, 1.54) is 15.7 Å². The number of aromatic nitrogens is 2. The monoisotopic (exact) mass is 306 g/mol. The molecule has 0 spiro atoms. The maximum atomic E-state index is 4.52. The van der Waals surface area contributed by atoms with Crippen LogP contribution in [-0.2, 0) is 6.54 Å². The fourth-order valence-corrected chi connectivity index (χ4v) is 1.72. The van der Waals surface area contributed by atoms with Crippen LogP contribution >= 0.6 is 22.6 Å². The van der Waals surface area contributed by atoms with Gasteiger partial charge in [-0.3, -0.25) is 4.68 Å². The predicted molar refractivity (Wildman–Crippen MR) is 68.5 cm³/mol. The van der Waals surface area contributed by atoms with Crippen LogP contribution in [0.1, 0.15) is 38.6 Å². The van der Waals surface area contributed by atoms with Crippen LogP contribution < -0.4 is 0 Å². The lowest BCUT2D eigenvalue weighted by atomic mass is 9.92. The Morgan fingerprint density at radius 2 is 1.86 bits per heavy atom. The molecule has 0 bridgehead atoms. The first-order valence-corrected chi connectivity index (χ1v) is 6.08. The molecule has 80 valence electrons. The molecule has 0 aliphatic rings. The molecular formula is C11H19IN2. The molecule has 1 aromatic rings. The zero-order valence-electron chi connectivity index (χ0n) is 9.69. The fraction of sp³-hybridized carbons (Fsp3) is 0.727. The topological polar surface area (TPSA) is 17.8 Å². The van der Waals surface area contributed by atoms with Gasteiger partial charge in [-0.25, -0.2) is 0 Å². The van der Waals surface area contributed by atoms with E-state index in [1.54, 1.807) is 0 Å². The third kappa shape index (κ3) is 2.97. The molecule has 0 saturated carbocycles. The van der Waals surface area contributed by atoms with Crippen molar-refractivity contribution in [2.24, 2.45) is 5.41 Å². The van der Waals surface area contributed by atoms with E-state index in [-0.39, 0.29) is 0 Å². The van der Waals surface area contributed by atoms with Gasteiger partial charge in [0.15, 0.2) is 0 Å². The van der Waals surface area contributed by atoms with Crippen molar-refractivity contribution in [3.05, 3.63) is 15.0 Å². The van der Waals surface area contributed by atoms with Gasteiger partial charge in [-0.15, -0.1) is 0 Å². The van der Waals surface area contributed by atoms with Crippen molar-refractivity contribution in [3.63, 3.8) is 0 Å². The molecular weight excluding hydrogens is 287 g/mol. The predicted octanol–water partition coefficient (Wildman–Crippen LogP) is 3.54. The van der Waals surface area contributed by atoms with Gasteiger partial charge < -0.3 is 0 Å². The molecule has 0 fully saturated rings. The van der Waals surface area contributed by atoms with E-state index in [0.29, 0.717) is 5.41 Å². The number of hydrogen-bond acceptors (Lipinski definition) is 1. The number of nitrogens with zero attached hydrogens (tertiary/aromatic N) is 2. The molecule has 0 aliphatic carbocycles. The zero-order chi connectivity index (χ0) is 10.9. The molecule has 0 aromatic carbocycles. The van der Waals surface area contributed by atoms with Gasteiger partial charge in [-0.1, -0.05) is 20.8 Å². The van der Waals surface area contributed by atoms with Crippen molar-refractivity contribution in [3.8, 4) is 0 Å². The highest BCUT2D eigenvalue weighted by atomic mass is 127. The minimum Gasteiger partial charge on any atom is -0.268 e. The van der Waals surface area contributed by atoms with Gasteiger partial charge in [0.1, 0.15) is 0 Å². The first-order chi connectivity index (χ1) is 6.31. The SMILES string of the molecule is Cc1nn(CCC(C)(C)C)c(C)c1I. The Bertz CT molecular complexity index is 321. The van der Waals surface area contributed by atoms with Crippen molar-refractivity contribution < 1.29 is 0 Å². The second-order valence-corrected chi connectivity index (χ2v) is 6.10. The van der Waals surface area contributed by atoms with E-state index < -0.39 is 0 Å². The van der Waals surface area contributed by atoms with Crippen molar-refractivity contribution in [2.45, 2.75) is 47.6 Å². The molecule has 0 unspecified atom stereocenters. The van der Waals surface area contributed by atoms with Gasteiger partial charge in [0.25, 0.3) is 0 Å². The van der Waals surface area contributed by atoms with E-state index in [4.69, 9.17) is 0 Å². The molecule has 0 N–H and O–H groups in total. The van der Waals surface area contributed by atoms with Gasteiger partial charge in [0, 0.05) is 12.2 Å². The van der Waals surface area contributed by atoms with E-state index in [2.05, 4.69) is 67.0 Å². The zero-order valence-corrected chi connectivity index (χ0v) is 11.8. The van der Waals surface area contributed by atoms with Crippen LogP contribution in [0.5, 0.6) is 0 Å². The number of rotatable bonds is 2. The lowest BCUT2D eigenvalue weighted by Crippen LogP contribution is -2.12. The van der Waals surface area contributed by atoms with E-state index in [9.17, 15) is 0 Å². The van der Waals surface area contributed by atoms with Crippen LogP contribution in [-0.4, -0.2) is 9.78 Å². The summed E-state index contributed by atoms with van der Waals surface area (Å²) in [6.45, 7) is 12.0. The first-order valence-electron chi connectivity index (χ1n) is 5.01. The molecule has 0 atom stereocenters. The van der Waals surface area contributed by atoms with Gasteiger partial charge >= 0.3 is 0 Å². The Morgan fingerprint density at radius 3 is 2.21 bits per heavy atom. The summed E-state index contributed by atoms with van der Waals surface area (Å²) in [5.41, 5.74) is 2.84. The summed E-state index contributed by atoms with van der Waals surface area (Å²) in [5.74, 6) is 0. The van der Waals surface area contributed by atoms with Crippen LogP contribution in [0.4, 0.5) is 0 Å². The summed E-state index contributed by atoms with van der Waals surface area (Å²) in [6, 6.07) is 0. The highest BCUT2D eigenvalue weighted by molar-refractivity contribution is 14.1. The number of hydrogen-bond donors (Lipinski definition) is 0. The molecule has 0 saturated heterocycles. The normalized spacial score (nSPS) is 12.1. The van der Waals surface area contributed by atoms with Gasteiger partial charge in [0.05, 0.1) is 9.26 Å². The van der Waals surface area contributed by atoms with Gasteiger partial charge in [-0.2, -0.15) is 5.10 Å². The smallest absolute Gasteiger partial charge is 0.0729 e. The average Bonchev–Trinajstić information content (AvgIpc) is 2.28. The summed E-state index contributed by atoms with van der Waals surface area (Å²) in [7, 11) is 0. The third-order valence-electron chi connectivity index (χ3n) is 2.37. The molecule has 0 radical (unpaired) electrons. The lowest BCUT2D eigenvalue weighted by molar-refractivity contribution is 0.338. The second-order valence-electron chi connectivity index (χ2n) is 5.02. The van der Waals surface area contributed by atoms with Gasteiger partial charge in [0.2, 0.25) is 0 Å². The van der Waals surface area contributed by atoms with E-state index in [0.717, 1.165) is 12.2 Å². The van der Waals surface area contributed by atoms with Crippen molar-refractivity contribution in [1.29, 1.82) is 0 Å². The highest BCUT2D eigenvalue weighted by Gasteiger charge is 2.13. The van der Waals surface area contributed by atoms with Gasteiger partial charge in [-0.05, 0) is 48.3 Å². The molecule has 1 aromatic heterocycles. The molecule has 0 aliphatic heterocycles. The Balaban J connectivity index is 2.73. The summed E-state index contributed by atoms with van der Waals surface area (Å²) in [6.07, 6.45) is 1.17. The van der Waals surface area contributed by atoms with E-state index in [1.807, 2.05) is 0 Å². The van der Waals surface area contributed by atoms with Crippen LogP contribution in [0.3, 0.4) is 0 Å². The summed E-state index contributed by atoms with van der Waals surface area (Å²) in [4.78, 5) is 0. The van der Waals surface area contributed by atoms with Crippen LogP contribution in [0.15, 0.2) is 0 Å². The summed E-state index contributed by atoms with van der Waals surface area (Å²) >= 11 is 2.37. The van der Waals surface area contributed by atoms with Crippen LogP contribution in [0.2, 0.25) is 0 Å². The Kier molecular flexibility index (Phi) is 3.61. The van der Waals surface area contributed by atoms with Crippen molar-refractivity contribution in [2.75, 3.05) is 0 Å². The fourth-order valence-electron chi connectivity index (χ4n) is 1.33. The Hall–Kier alpha value is -0.0600.